The Morgan fingerprint density at radius 3 is 2.42 bits per heavy atom. The third kappa shape index (κ3) is 6.47. The summed E-state index contributed by atoms with van der Waals surface area (Å²) in [6, 6.07) is 12.5. The number of hydrogen-bond donors (Lipinski definition) is 3. The van der Waals surface area contributed by atoms with Gasteiger partial charge in [0.15, 0.2) is 11.5 Å². The number of hydrogen-bond acceptors (Lipinski definition) is 7. The normalized spacial score (nSPS) is 16.0. The van der Waals surface area contributed by atoms with Crippen molar-refractivity contribution in [2.24, 2.45) is 5.41 Å². The maximum absolute atomic E-state index is 12.6. The summed E-state index contributed by atoms with van der Waals surface area (Å²) in [7, 11) is 1.58. The van der Waals surface area contributed by atoms with E-state index in [0.29, 0.717) is 73.6 Å². The summed E-state index contributed by atoms with van der Waals surface area (Å²) in [5.41, 5.74) is -0.422. The van der Waals surface area contributed by atoms with E-state index in [-0.39, 0.29) is 6.04 Å². The van der Waals surface area contributed by atoms with Gasteiger partial charge < -0.3 is 29.7 Å². The first kappa shape index (κ1) is 29.1. The lowest BCUT2D eigenvalue weighted by molar-refractivity contribution is -0.149. The number of carboxylic acid groups (broad SMARTS) is 1. The first-order valence-corrected chi connectivity index (χ1v) is 13.8. The Morgan fingerprint density at radius 1 is 1.10 bits per heavy atom. The second kappa shape index (κ2) is 12.1. The van der Waals surface area contributed by atoms with Gasteiger partial charge in [-0.3, -0.25) is 14.6 Å². The Morgan fingerprint density at radius 2 is 1.82 bits per heavy atom. The number of benzene rings is 2. The van der Waals surface area contributed by atoms with E-state index in [0.717, 1.165) is 10.9 Å². The van der Waals surface area contributed by atoms with Crippen molar-refractivity contribution < 1.29 is 34.0 Å². The molecule has 1 amide bonds. The summed E-state index contributed by atoms with van der Waals surface area (Å²) < 4.78 is 17.7. The minimum Gasteiger partial charge on any atom is -0.493 e. The lowest BCUT2D eigenvalue weighted by Gasteiger charge is -2.21. The number of nitrogens with zero attached hydrogens (tertiary/aromatic N) is 1. The molecule has 0 spiro atoms. The van der Waals surface area contributed by atoms with Gasteiger partial charge in [0.1, 0.15) is 16.9 Å². The minimum absolute atomic E-state index is 0.295. The average molecular weight is 551 g/mol. The predicted molar refractivity (Wildman–Crippen MR) is 151 cm³/mol. The number of carboxylic acids is 1. The Kier molecular flexibility index (Phi) is 8.83. The van der Waals surface area contributed by atoms with Crippen LogP contribution in [0.3, 0.4) is 0 Å². The number of aliphatic hydroxyl groups is 1. The van der Waals surface area contributed by atoms with Crippen molar-refractivity contribution in [3.05, 3.63) is 54.2 Å². The molecule has 9 nitrogen and oxygen atoms in total. The molecule has 1 aromatic heterocycles. The Labute approximate surface area is 234 Å². The molecule has 3 aromatic rings. The smallest absolute Gasteiger partial charge is 0.319 e. The number of aromatic nitrogens is 1. The number of carbonyl (C=O) groups is 2. The fraction of sp³-hybridized carbons (Fsp3) is 0.452. The number of fused-ring (bicyclic) bond motifs is 1. The van der Waals surface area contributed by atoms with Crippen molar-refractivity contribution in [3.63, 3.8) is 0 Å². The molecule has 214 valence electrons. The van der Waals surface area contributed by atoms with Crippen LogP contribution in [0.4, 0.5) is 0 Å². The molecule has 0 saturated heterocycles. The minimum atomic E-state index is -1.28. The fourth-order valence-electron chi connectivity index (χ4n) is 4.58. The van der Waals surface area contributed by atoms with Gasteiger partial charge in [0.05, 0.1) is 30.9 Å². The second-order valence-corrected chi connectivity index (χ2v) is 10.6. The van der Waals surface area contributed by atoms with Crippen LogP contribution < -0.4 is 19.5 Å². The van der Waals surface area contributed by atoms with Crippen LogP contribution >= 0.6 is 0 Å². The zero-order valence-corrected chi connectivity index (χ0v) is 23.5. The number of carbonyl (C=O) groups excluding carboxylic acids is 1. The third-order valence-electron chi connectivity index (χ3n) is 7.68. The molecule has 2 unspecified atom stereocenters. The lowest BCUT2D eigenvalue weighted by Crippen LogP contribution is -2.39. The van der Waals surface area contributed by atoms with Gasteiger partial charge in [-0.05, 0) is 75.3 Å². The first-order chi connectivity index (χ1) is 19.1. The van der Waals surface area contributed by atoms with Crippen molar-refractivity contribution in [3.8, 4) is 23.0 Å². The standard InChI is InChI=1S/C31H38N2O7/c1-5-23(33-28(34)31(14-15-31)29(35)36)20-8-10-21(11-9-20)40-25-12-16-32-24-19-27(26(38-4)18-22(24)25)39-17-7-13-30(3,37)6-2/h8-12,16,18-19,23,37H,5-7,13-15,17H2,1-4H3,(H,33,34)(H,35,36). The van der Waals surface area contributed by atoms with Gasteiger partial charge in [-0.25, -0.2) is 0 Å². The van der Waals surface area contributed by atoms with E-state index in [4.69, 9.17) is 14.2 Å². The molecule has 0 radical (unpaired) electrons. The third-order valence-corrected chi connectivity index (χ3v) is 7.68. The van der Waals surface area contributed by atoms with Crippen molar-refractivity contribution in [1.29, 1.82) is 0 Å². The van der Waals surface area contributed by atoms with Crippen molar-refractivity contribution in [2.75, 3.05) is 13.7 Å². The predicted octanol–water partition coefficient (Wildman–Crippen LogP) is 5.79. The quantitative estimate of drug-likeness (QED) is 0.170. The highest BCUT2D eigenvalue weighted by Gasteiger charge is 2.57. The Bertz CT molecular complexity index is 1350. The first-order valence-electron chi connectivity index (χ1n) is 13.8. The highest BCUT2D eigenvalue weighted by molar-refractivity contribution is 6.05. The molecule has 1 fully saturated rings. The number of ether oxygens (including phenoxy) is 3. The SMILES string of the molecule is CCC(NC(=O)C1(C(=O)O)CC1)c1ccc(Oc2ccnc3cc(OCCCC(C)(O)CC)c(OC)cc23)cc1. The van der Waals surface area contributed by atoms with Crippen molar-refractivity contribution in [1.82, 2.24) is 10.3 Å². The highest BCUT2D eigenvalue weighted by atomic mass is 16.5. The van der Waals surface area contributed by atoms with E-state index in [1.165, 1.54) is 0 Å². The van der Waals surface area contributed by atoms with Gasteiger partial charge in [-0.1, -0.05) is 26.0 Å². The lowest BCUT2D eigenvalue weighted by atomic mass is 9.98. The number of rotatable bonds is 14. The van der Waals surface area contributed by atoms with E-state index >= 15 is 0 Å². The molecule has 2 aromatic carbocycles. The molecule has 4 rings (SSSR count). The molecule has 3 N–H and O–H groups in total. The Balaban J connectivity index is 1.46. The Hall–Kier alpha value is -3.85. The van der Waals surface area contributed by atoms with Crippen LogP contribution in [0.5, 0.6) is 23.0 Å². The fourth-order valence-corrected chi connectivity index (χ4v) is 4.58. The van der Waals surface area contributed by atoms with E-state index in [9.17, 15) is 19.8 Å². The number of pyridine rings is 1. The largest absolute Gasteiger partial charge is 0.493 e. The second-order valence-electron chi connectivity index (χ2n) is 10.6. The van der Waals surface area contributed by atoms with Crippen LogP contribution in [-0.2, 0) is 9.59 Å². The molecule has 1 aliphatic carbocycles. The maximum atomic E-state index is 12.6. The highest BCUT2D eigenvalue weighted by Crippen LogP contribution is 2.46. The van der Waals surface area contributed by atoms with Gasteiger partial charge in [0.2, 0.25) is 5.91 Å². The molecule has 1 heterocycles. The summed E-state index contributed by atoms with van der Waals surface area (Å²) in [5.74, 6) is 0.830. The molecular weight excluding hydrogens is 512 g/mol. The number of methoxy groups -OCH3 is 1. The van der Waals surface area contributed by atoms with Crippen LogP contribution in [0.1, 0.15) is 70.9 Å². The monoisotopic (exact) mass is 550 g/mol. The summed E-state index contributed by atoms with van der Waals surface area (Å²) >= 11 is 0. The molecule has 0 aliphatic heterocycles. The molecule has 1 aliphatic rings. The van der Waals surface area contributed by atoms with Crippen LogP contribution in [-0.4, -0.2) is 46.4 Å². The summed E-state index contributed by atoms with van der Waals surface area (Å²) in [6.07, 6.45) is 5.07. The number of nitrogens with one attached hydrogen (secondary N) is 1. The van der Waals surface area contributed by atoms with Crippen LogP contribution in [0.25, 0.3) is 10.9 Å². The zero-order chi connectivity index (χ0) is 28.9. The van der Waals surface area contributed by atoms with Crippen LogP contribution in [0.2, 0.25) is 0 Å². The molecule has 40 heavy (non-hydrogen) atoms. The molecule has 1 saturated carbocycles. The van der Waals surface area contributed by atoms with E-state index in [1.54, 1.807) is 19.4 Å². The summed E-state index contributed by atoms with van der Waals surface area (Å²) in [4.78, 5) is 28.6. The van der Waals surface area contributed by atoms with E-state index in [1.807, 2.05) is 57.2 Å². The van der Waals surface area contributed by atoms with Crippen LogP contribution in [0, 0.1) is 5.41 Å². The molecule has 0 bridgehead atoms. The van der Waals surface area contributed by atoms with Gasteiger partial charge in [0, 0.05) is 17.6 Å². The molecular formula is C31H38N2O7. The van der Waals surface area contributed by atoms with Gasteiger partial charge >= 0.3 is 5.97 Å². The summed E-state index contributed by atoms with van der Waals surface area (Å²) in [5, 5.41) is 23.3. The van der Waals surface area contributed by atoms with Crippen molar-refractivity contribution in [2.45, 2.75) is 70.9 Å². The average Bonchev–Trinajstić information content (AvgIpc) is 3.77. The van der Waals surface area contributed by atoms with Gasteiger partial charge in [-0.2, -0.15) is 0 Å². The molecule has 9 heteroatoms. The number of amides is 1. The van der Waals surface area contributed by atoms with Crippen molar-refractivity contribution >= 4 is 22.8 Å². The van der Waals surface area contributed by atoms with Crippen LogP contribution in [0.15, 0.2) is 48.7 Å². The number of aliphatic carboxylic acids is 1. The van der Waals surface area contributed by atoms with Gasteiger partial charge in [-0.15, -0.1) is 0 Å². The van der Waals surface area contributed by atoms with E-state index < -0.39 is 22.9 Å². The topological polar surface area (TPSA) is 127 Å². The summed E-state index contributed by atoms with van der Waals surface area (Å²) in [6.45, 7) is 6.17. The maximum Gasteiger partial charge on any atom is 0.319 e. The molecule has 2 atom stereocenters. The van der Waals surface area contributed by atoms with Gasteiger partial charge in [0.25, 0.3) is 0 Å². The van der Waals surface area contributed by atoms with E-state index in [2.05, 4.69) is 10.3 Å². The zero-order valence-electron chi connectivity index (χ0n) is 23.5.